The standard InChI is InChI=1S/C16H21NO2/c1-10-3-5-13(16(18)19-2)9-14(10)17-15-8-11-4-6-12(15)7-11/h3,5,9,11-12,15,17H,4,6-8H2,1-2H3. The molecule has 1 aromatic rings. The predicted molar refractivity (Wildman–Crippen MR) is 75.4 cm³/mol. The number of carbonyl (C=O) groups excluding carboxylic acids is 1. The minimum Gasteiger partial charge on any atom is -0.465 e. The van der Waals surface area contributed by atoms with Crippen molar-refractivity contribution in [1.29, 1.82) is 0 Å². The molecule has 2 saturated carbocycles. The molecule has 1 aromatic carbocycles. The molecule has 0 heterocycles. The highest BCUT2D eigenvalue weighted by molar-refractivity contribution is 5.90. The van der Waals surface area contributed by atoms with Gasteiger partial charge in [-0.3, -0.25) is 0 Å². The van der Waals surface area contributed by atoms with Gasteiger partial charge in [0.25, 0.3) is 0 Å². The number of aryl methyl sites for hydroxylation is 1. The van der Waals surface area contributed by atoms with E-state index < -0.39 is 0 Å². The zero-order chi connectivity index (χ0) is 13.4. The van der Waals surface area contributed by atoms with Crippen LogP contribution in [0.1, 0.15) is 41.6 Å². The molecule has 2 fully saturated rings. The third-order valence-corrected chi connectivity index (χ3v) is 4.74. The maximum absolute atomic E-state index is 11.6. The highest BCUT2D eigenvalue weighted by Crippen LogP contribution is 2.45. The van der Waals surface area contributed by atoms with Crippen LogP contribution in [0.25, 0.3) is 0 Å². The average Bonchev–Trinajstić information content (AvgIpc) is 3.02. The highest BCUT2D eigenvalue weighted by atomic mass is 16.5. The monoisotopic (exact) mass is 259 g/mol. The van der Waals surface area contributed by atoms with E-state index in [1.165, 1.54) is 38.4 Å². The van der Waals surface area contributed by atoms with Gasteiger partial charge in [0.05, 0.1) is 12.7 Å². The number of esters is 1. The van der Waals surface area contributed by atoms with Gasteiger partial charge in [0.1, 0.15) is 0 Å². The van der Waals surface area contributed by atoms with E-state index in [-0.39, 0.29) is 5.97 Å². The van der Waals surface area contributed by atoms with Crippen LogP contribution >= 0.6 is 0 Å². The lowest BCUT2D eigenvalue weighted by Gasteiger charge is -2.25. The number of hydrogen-bond acceptors (Lipinski definition) is 3. The Hall–Kier alpha value is -1.51. The second kappa shape index (κ2) is 4.87. The minimum absolute atomic E-state index is 0.268. The van der Waals surface area contributed by atoms with E-state index in [9.17, 15) is 4.79 Å². The van der Waals surface area contributed by atoms with Gasteiger partial charge in [0.15, 0.2) is 0 Å². The third kappa shape index (κ3) is 2.34. The Kier molecular flexibility index (Phi) is 3.21. The molecule has 3 rings (SSSR count). The predicted octanol–water partition coefficient (Wildman–Crippen LogP) is 3.38. The summed E-state index contributed by atoms with van der Waals surface area (Å²) in [4.78, 5) is 11.6. The van der Waals surface area contributed by atoms with Gasteiger partial charge in [-0.25, -0.2) is 4.79 Å². The van der Waals surface area contributed by atoms with Crippen molar-refractivity contribution >= 4 is 11.7 Å². The molecule has 2 bridgehead atoms. The maximum atomic E-state index is 11.6. The number of methoxy groups -OCH3 is 1. The fraction of sp³-hybridized carbons (Fsp3) is 0.562. The zero-order valence-electron chi connectivity index (χ0n) is 11.6. The molecular formula is C16H21NO2. The molecule has 3 atom stereocenters. The van der Waals surface area contributed by atoms with Crippen LogP contribution in [0.3, 0.4) is 0 Å². The first kappa shape index (κ1) is 12.5. The van der Waals surface area contributed by atoms with Gasteiger partial charge in [-0.15, -0.1) is 0 Å². The summed E-state index contributed by atoms with van der Waals surface area (Å²) in [6.45, 7) is 2.08. The molecule has 3 heteroatoms. The van der Waals surface area contributed by atoms with Crippen molar-refractivity contribution in [2.24, 2.45) is 11.8 Å². The van der Waals surface area contributed by atoms with Crippen LogP contribution in [0.2, 0.25) is 0 Å². The summed E-state index contributed by atoms with van der Waals surface area (Å²) in [7, 11) is 1.42. The first-order valence-corrected chi connectivity index (χ1v) is 7.13. The molecule has 3 unspecified atom stereocenters. The number of fused-ring (bicyclic) bond motifs is 2. The van der Waals surface area contributed by atoms with Crippen molar-refractivity contribution in [2.45, 2.75) is 38.6 Å². The quantitative estimate of drug-likeness (QED) is 0.846. The highest BCUT2D eigenvalue weighted by Gasteiger charge is 2.39. The molecule has 3 nitrogen and oxygen atoms in total. The summed E-state index contributed by atoms with van der Waals surface area (Å²) >= 11 is 0. The second-order valence-corrected chi connectivity index (χ2v) is 5.95. The second-order valence-electron chi connectivity index (χ2n) is 5.95. The van der Waals surface area contributed by atoms with Crippen LogP contribution in [-0.2, 0) is 4.74 Å². The molecule has 1 N–H and O–H groups in total. The van der Waals surface area contributed by atoms with Crippen molar-refractivity contribution in [3.63, 3.8) is 0 Å². The Morgan fingerprint density at radius 2 is 2.16 bits per heavy atom. The minimum atomic E-state index is -0.268. The number of ether oxygens (including phenoxy) is 1. The number of hydrogen-bond donors (Lipinski definition) is 1. The number of nitrogens with one attached hydrogen (secondary N) is 1. The van der Waals surface area contributed by atoms with E-state index >= 15 is 0 Å². The first-order valence-electron chi connectivity index (χ1n) is 7.13. The van der Waals surface area contributed by atoms with Crippen molar-refractivity contribution in [1.82, 2.24) is 0 Å². The molecule has 0 aromatic heterocycles. The lowest BCUT2D eigenvalue weighted by atomic mass is 9.94. The Morgan fingerprint density at radius 3 is 2.79 bits per heavy atom. The molecule has 0 aliphatic heterocycles. The number of rotatable bonds is 3. The van der Waals surface area contributed by atoms with E-state index in [1.54, 1.807) is 0 Å². The Labute approximate surface area is 114 Å². The molecule has 2 aliphatic rings. The van der Waals surface area contributed by atoms with Crippen LogP contribution < -0.4 is 5.32 Å². The smallest absolute Gasteiger partial charge is 0.337 e. The van der Waals surface area contributed by atoms with Crippen molar-refractivity contribution < 1.29 is 9.53 Å². The van der Waals surface area contributed by atoms with Gasteiger partial charge in [0.2, 0.25) is 0 Å². The molecule has 2 aliphatic carbocycles. The van der Waals surface area contributed by atoms with Crippen LogP contribution in [0.15, 0.2) is 18.2 Å². The Bertz CT molecular complexity index is 498. The van der Waals surface area contributed by atoms with E-state index in [1.807, 2.05) is 18.2 Å². The van der Waals surface area contributed by atoms with Gasteiger partial charge in [-0.05, 0) is 55.7 Å². The van der Waals surface area contributed by atoms with Crippen molar-refractivity contribution in [3.8, 4) is 0 Å². The first-order chi connectivity index (χ1) is 9.17. The summed E-state index contributed by atoms with van der Waals surface area (Å²) in [6.07, 6.45) is 5.43. The molecule has 0 saturated heterocycles. The molecule has 0 amide bonds. The molecule has 102 valence electrons. The molecular weight excluding hydrogens is 238 g/mol. The summed E-state index contributed by atoms with van der Waals surface area (Å²) in [5.41, 5.74) is 2.90. The van der Waals surface area contributed by atoms with Gasteiger partial charge in [-0.2, -0.15) is 0 Å². The topological polar surface area (TPSA) is 38.3 Å². The molecule has 0 spiro atoms. The molecule has 0 radical (unpaired) electrons. The summed E-state index contributed by atoms with van der Waals surface area (Å²) in [5.74, 6) is 1.48. The number of benzene rings is 1. The van der Waals surface area contributed by atoms with E-state index in [4.69, 9.17) is 4.74 Å². The number of carbonyl (C=O) groups is 1. The Balaban J connectivity index is 1.78. The maximum Gasteiger partial charge on any atom is 0.337 e. The fourth-order valence-corrected chi connectivity index (χ4v) is 3.64. The average molecular weight is 259 g/mol. The van der Waals surface area contributed by atoms with Gasteiger partial charge >= 0.3 is 5.97 Å². The lowest BCUT2D eigenvalue weighted by molar-refractivity contribution is 0.0601. The van der Waals surface area contributed by atoms with E-state index in [0.29, 0.717) is 11.6 Å². The van der Waals surface area contributed by atoms with Crippen LogP contribution in [0, 0.1) is 18.8 Å². The van der Waals surface area contributed by atoms with Crippen molar-refractivity contribution in [2.75, 3.05) is 12.4 Å². The lowest BCUT2D eigenvalue weighted by Crippen LogP contribution is -2.26. The van der Waals surface area contributed by atoms with Gasteiger partial charge < -0.3 is 10.1 Å². The zero-order valence-corrected chi connectivity index (χ0v) is 11.6. The number of anilines is 1. The summed E-state index contributed by atoms with van der Waals surface area (Å²) < 4.78 is 4.78. The van der Waals surface area contributed by atoms with Crippen LogP contribution in [-0.4, -0.2) is 19.1 Å². The van der Waals surface area contributed by atoms with Crippen LogP contribution in [0.4, 0.5) is 5.69 Å². The third-order valence-electron chi connectivity index (χ3n) is 4.74. The summed E-state index contributed by atoms with van der Waals surface area (Å²) in [5, 5.41) is 3.65. The van der Waals surface area contributed by atoms with Crippen LogP contribution in [0.5, 0.6) is 0 Å². The Morgan fingerprint density at radius 1 is 1.32 bits per heavy atom. The SMILES string of the molecule is COC(=O)c1ccc(C)c(NC2CC3CCC2C3)c1. The van der Waals surface area contributed by atoms with Crippen molar-refractivity contribution in [3.05, 3.63) is 29.3 Å². The van der Waals surface area contributed by atoms with Gasteiger partial charge in [-0.1, -0.05) is 12.5 Å². The van der Waals surface area contributed by atoms with E-state index in [2.05, 4.69) is 12.2 Å². The fourth-order valence-electron chi connectivity index (χ4n) is 3.64. The normalized spacial score (nSPS) is 28.4. The van der Waals surface area contributed by atoms with Gasteiger partial charge in [0, 0.05) is 11.7 Å². The summed E-state index contributed by atoms with van der Waals surface area (Å²) in [6, 6.07) is 6.33. The molecule has 19 heavy (non-hydrogen) atoms. The largest absolute Gasteiger partial charge is 0.465 e. The van der Waals surface area contributed by atoms with E-state index in [0.717, 1.165) is 17.5 Å².